The minimum atomic E-state index is -0.426. The van der Waals surface area contributed by atoms with Crippen LogP contribution in [0.2, 0.25) is 0 Å². The third-order valence-corrected chi connectivity index (χ3v) is 3.02. The van der Waals surface area contributed by atoms with Crippen molar-refractivity contribution in [1.82, 2.24) is 20.4 Å². The number of carbonyl (C=O) groups excluding carboxylic acids is 2. The Kier molecular flexibility index (Phi) is 5.75. The third kappa shape index (κ3) is 6.54. The molecule has 0 unspecified atom stereocenters. The molecular formula is C13H26N4O2. The topological polar surface area (TPSA) is 64.7 Å². The molecule has 0 aliphatic carbocycles. The van der Waals surface area contributed by atoms with Gasteiger partial charge < -0.3 is 10.2 Å². The first kappa shape index (κ1) is 15.9. The summed E-state index contributed by atoms with van der Waals surface area (Å²) in [6.45, 7) is 12.8. The summed E-state index contributed by atoms with van der Waals surface area (Å²) in [5.41, 5.74) is -0.336. The van der Waals surface area contributed by atoms with Crippen molar-refractivity contribution in [1.29, 1.82) is 0 Å². The van der Waals surface area contributed by atoms with Crippen LogP contribution in [0.4, 0.5) is 4.79 Å². The molecule has 0 saturated carbocycles. The number of nitrogens with zero attached hydrogens (tertiary/aromatic N) is 2. The third-order valence-electron chi connectivity index (χ3n) is 3.02. The molecule has 1 saturated heterocycles. The molecule has 0 aromatic rings. The molecule has 6 heteroatoms. The molecular weight excluding hydrogens is 244 g/mol. The minimum absolute atomic E-state index is 0.244. The van der Waals surface area contributed by atoms with Crippen molar-refractivity contribution < 1.29 is 9.59 Å². The van der Waals surface area contributed by atoms with E-state index < -0.39 is 6.03 Å². The van der Waals surface area contributed by atoms with Crippen molar-refractivity contribution in [2.45, 2.75) is 33.2 Å². The van der Waals surface area contributed by atoms with Crippen LogP contribution in [0.1, 0.15) is 27.7 Å². The number of rotatable bonds is 3. The van der Waals surface area contributed by atoms with Crippen LogP contribution in [0.5, 0.6) is 0 Å². The average molecular weight is 270 g/mol. The molecule has 0 bridgehead atoms. The number of likely N-dealkylation sites (N-methyl/N-ethyl adjacent to an activating group) is 1. The molecule has 0 spiro atoms. The Bertz CT molecular complexity index is 317. The summed E-state index contributed by atoms with van der Waals surface area (Å²) in [4.78, 5) is 27.7. The Morgan fingerprint density at radius 1 is 1.05 bits per heavy atom. The molecule has 1 aliphatic heterocycles. The molecule has 0 atom stereocenters. The van der Waals surface area contributed by atoms with E-state index in [4.69, 9.17) is 0 Å². The number of imide groups is 1. The van der Waals surface area contributed by atoms with Crippen molar-refractivity contribution in [2.24, 2.45) is 0 Å². The van der Waals surface area contributed by atoms with E-state index in [9.17, 15) is 9.59 Å². The highest BCUT2D eigenvalue weighted by atomic mass is 16.2. The first-order valence-corrected chi connectivity index (χ1v) is 6.87. The molecule has 1 fully saturated rings. The maximum absolute atomic E-state index is 11.7. The van der Waals surface area contributed by atoms with Gasteiger partial charge in [0.1, 0.15) is 0 Å². The predicted molar refractivity (Wildman–Crippen MR) is 75.0 cm³/mol. The van der Waals surface area contributed by atoms with Gasteiger partial charge in [0, 0.05) is 31.7 Å². The zero-order valence-electron chi connectivity index (χ0n) is 12.5. The maximum atomic E-state index is 11.7. The molecule has 6 nitrogen and oxygen atoms in total. The summed E-state index contributed by atoms with van der Waals surface area (Å²) < 4.78 is 0. The molecule has 3 amide bonds. The van der Waals surface area contributed by atoms with Gasteiger partial charge in [0.25, 0.3) is 0 Å². The Balaban J connectivity index is 2.26. The molecule has 2 N–H and O–H groups in total. The quantitative estimate of drug-likeness (QED) is 0.771. The lowest BCUT2D eigenvalue weighted by Crippen LogP contribution is -2.53. The molecule has 0 aromatic carbocycles. The minimum Gasteiger partial charge on any atom is -0.333 e. The van der Waals surface area contributed by atoms with Crippen LogP contribution in [-0.2, 0) is 4.79 Å². The Morgan fingerprint density at radius 3 is 2.05 bits per heavy atom. The van der Waals surface area contributed by atoms with E-state index in [-0.39, 0.29) is 18.0 Å². The fourth-order valence-electron chi connectivity index (χ4n) is 2.00. The van der Waals surface area contributed by atoms with Crippen LogP contribution < -0.4 is 10.6 Å². The summed E-state index contributed by atoms with van der Waals surface area (Å²) in [5.74, 6) is -0.244. The lowest BCUT2D eigenvalue weighted by atomic mass is 10.1. The summed E-state index contributed by atoms with van der Waals surface area (Å²) in [7, 11) is 0. The standard InChI is InChI=1S/C13H26N4O2/c1-5-16-6-8-17(9-7-16)10-11(18)14-12(19)15-13(2,3)4/h5-10H2,1-4H3,(H2,14,15,18,19). The van der Waals surface area contributed by atoms with Gasteiger partial charge in [-0.05, 0) is 27.3 Å². The largest absolute Gasteiger partial charge is 0.333 e. The fourth-order valence-corrected chi connectivity index (χ4v) is 2.00. The lowest BCUT2D eigenvalue weighted by molar-refractivity contribution is -0.121. The predicted octanol–water partition coefficient (Wildman–Crippen LogP) is 0.248. The second kappa shape index (κ2) is 6.86. The Hall–Kier alpha value is -1.14. The summed E-state index contributed by atoms with van der Waals surface area (Å²) in [6.07, 6.45) is 0. The van der Waals surface area contributed by atoms with Crippen molar-refractivity contribution in [2.75, 3.05) is 39.3 Å². The number of carbonyl (C=O) groups is 2. The highest BCUT2D eigenvalue weighted by molar-refractivity contribution is 5.95. The smallest absolute Gasteiger partial charge is 0.321 e. The van der Waals surface area contributed by atoms with Crippen molar-refractivity contribution in [3.63, 3.8) is 0 Å². The normalized spacial score (nSPS) is 18.1. The number of nitrogens with one attached hydrogen (secondary N) is 2. The first-order valence-electron chi connectivity index (χ1n) is 6.87. The summed E-state index contributed by atoms with van der Waals surface area (Å²) >= 11 is 0. The molecule has 0 aromatic heterocycles. The zero-order chi connectivity index (χ0) is 14.5. The fraction of sp³-hybridized carbons (Fsp3) is 0.846. The van der Waals surface area contributed by atoms with Crippen molar-refractivity contribution in [3.05, 3.63) is 0 Å². The molecule has 110 valence electrons. The lowest BCUT2D eigenvalue weighted by Gasteiger charge is -2.33. The van der Waals surface area contributed by atoms with Crippen LogP contribution in [0, 0.1) is 0 Å². The van der Waals surface area contributed by atoms with Gasteiger partial charge in [-0.15, -0.1) is 0 Å². The van der Waals surface area contributed by atoms with Gasteiger partial charge >= 0.3 is 6.03 Å². The number of hydrogen-bond donors (Lipinski definition) is 2. The average Bonchev–Trinajstić information content (AvgIpc) is 2.27. The van der Waals surface area contributed by atoms with Gasteiger partial charge in [-0.3, -0.25) is 15.0 Å². The number of hydrogen-bond acceptors (Lipinski definition) is 4. The molecule has 1 aliphatic rings. The summed E-state index contributed by atoms with van der Waals surface area (Å²) in [6, 6.07) is -0.426. The molecule has 0 radical (unpaired) electrons. The molecule has 19 heavy (non-hydrogen) atoms. The monoisotopic (exact) mass is 270 g/mol. The summed E-state index contributed by atoms with van der Waals surface area (Å²) in [5, 5.41) is 5.07. The van der Waals surface area contributed by atoms with Crippen LogP contribution in [-0.4, -0.2) is 66.5 Å². The number of piperazine rings is 1. The highest BCUT2D eigenvalue weighted by Gasteiger charge is 2.20. The zero-order valence-corrected chi connectivity index (χ0v) is 12.5. The first-order chi connectivity index (χ1) is 8.80. The SMILES string of the molecule is CCN1CCN(CC(=O)NC(=O)NC(C)(C)C)CC1. The molecule has 1 rings (SSSR count). The van der Waals surface area contributed by atoms with E-state index in [0.29, 0.717) is 0 Å². The van der Waals surface area contributed by atoms with Gasteiger partial charge in [0.2, 0.25) is 5.91 Å². The van der Waals surface area contributed by atoms with Crippen LogP contribution in [0.25, 0.3) is 0 Å². The van der Waals surface area contributed by atoms with Crippen LogP contribution in [0.3, 0.4) is 0 Å². The second-order valence-corrected chi connectivity index (χ2v) is 5.96. The van der Waals surface area contributed by atoms with Gasteiger partial charge in [-0.1, -0.05) is 6.92 Å². The second-order valence-electron chi connectivity index (χ2n) is 5.96. The van der Waals surface area contributed by atoms with E-state index in [0.717, 1.165) is 32.7 Å². The van der Waals surface area contributed by atoms with E-state index in [2.05, 4.69) is 27.4 Å². The van der Waals surface area contributed by atoms with Gasteiger partial charge in [0.05, 0.1) is 6.54 Å². The number of urea groups is 1. The van der Waals surface area contributed by atoms with Crippen LogP contribution in [0.15, 0.2) is 0 Å². The highest BCUT2D eigenvalue weighted by Crippen LogP contribution is 2.01. The molecule has 1 heterocycles. The van der Waals surface area contributed by atoms with E-state index >= 15 is 0 Å². The Labute approximate surface area is 115 Å². The number of amides is 3. The van der Waals surface area contributed by atoms with E-state index in [1.54, 1.807) is 0 Å². The van der Waals surface area contributed by atoms with E-state index in [1.807, 2.05) is 20.8 Å². The van der Waals surface area contributed by atoms with Gasteiger partial charge in [-0.2, -0.15) is 0 Å². The van der Waals surface area contributed by atoms with Crippen molar-refractivity contribution >= 4 is 11.9 Å². The van der Waals surface area contributed by atoms with E-state index in [1.165, 1.54) is 0 Å². The Morgan fingerprint density at radius 2 is 1.58 bits per heavy atom. The van der Waals surface area contributed by atoms with Gasteiger partial charge in [0.15, 0.2) is 0 Å². The van der Waals surface area contributed by atoms with Gasteiger partial charge in [-0.25, -0.2) is 4.79 Å². The van der Waals surface area contributed by atoms with Crippen molar-refractivity contribution in [3.8, 4) is 0 Å². The van der Waals surface area contributed by atoms with Crippen LogP contribution >= 0.6 is 0 Å². The maximum Gasteiger partial charge on any atom is 0.321 e.